The molecule has 2 rings (SSSR count). The van der Waals surface area contributed by atoms with Crippen LogP contribution in [0.15, 0.2) is 58.4 Å². The molecule has 0 aliphatic carbocycles. The van der Waals surface area contributed by atoms with Crippen molar-refractivity contribution < 1.29 is 18.0 Å². The molecule has 1 heterocycles. The van der Waals surface area contributed by atoms with Crippen molar-refractivity contribution in [1.29, 1.82) is 0 Å². The molecule has 0 aliphatic rings. The minimum absolute atomic E-state index is 0.0898. The van der Waals surface area contributed by atoms with Crippen LogP contribution in [0.3, 0.4) is 0 Å². The minimum atomic E-state index is -3.77. The smallest absolute Gasteiger partial charge is 0.257 e. The Labute approximate surface area is 157 Å². The van der Waals surface area contributed by atoms with E-state index in [0.717, 1.165) is 16.8 Å². The van der Waals surface area contributed by atoms with Gasteiger partial charge in [-0.15, -0.1) is 0 Å². The molecule has 1 aromatic heterocycles. The Hall–Kier alpha value is -2.78. The molecule has 27 heavy (non-hydrogen) atoms. The first-order valence-electron chi connectivity index (χ1n) is 8.39. The Balaban J connectivity index is 2.20. The number of rotatable bonds is 7. The molecule has 0 radical (unpaired) electrons. The van der Waals surface area contributed by atoms with E-state index in [1.54, 1.807) is 44.2 Å². The summed E-state index contributed by atoms with van der Waals surface area (Å²) in [4.78, 5) is 36.0. The van der Waals surface area contributed by atoms with E-state index in [0.29, 0.717) is 5.56 Å². The molecule has 2 amide bonds. The number of aromatic nitrogens is 1. The lowest BCUT2D eigenvalue weighted by molar-refractivity contribution is -0.120. The summed E-state index contributed by atoms with van der Waals surface area (Å²) in [7, 11) is -3.77. The van der Waals surface area contributed by atoms with Crippen LogP contribution in [0.1, 0.15) is 24.2 Å². The molecule has 0 atom stereocenters. The maximum Gasteiger partial charge on any atom is 0.257 e. The number of carbonyl (C=O) groups excluding carboxylic acids is 2. The second kappa shape index (κ2) is 8.74. The Morgan fingerprint density at radius 2 is 1.67 bits per heavy atom. The summed E-state index contributed by atoms with van der Waals surface area (Å²) in [5, 5.41) is 2.18. The average Bonchev–Trinajstić information content (AvgIpc) is 2.64. The molecule has 1 aromatic carbocycles. The molecular formula is C18H21N3O5S. The highest BCUT2D eigenvalue weighted by Crippen LogP contribution is 2.13. The van der Waals surface area contributed by atoms with Crippen LogP contribution in [0.5, 0.6) is 0 Å². The van der Waals surface area contributed by atoms with Crippen molar-refractivity contribution in [3.05, 3.63) is 64.6 Å². The van der Waals surface area contributed by atoms with Gasteiger partial charge in [0.1, 0.15) is 6.54 Å². The number of amides is 2. The average molecular weight is 391 g/mol. The van der Waals surface area contributed by atoms with Gasteiger partial charge in [-0.05, 0) is 18.2 Å². The van der Waals surface area contributed by atoms with E-state index in [1.807, 2.05) is 0 Å². The number of hydrogen-bond acceptors (Lipinski definition) is 5. The van der Waals surface area contributed by atoms with Gasteiger partial charge in [0.05, 0.1) is 4.90 Å². The number of nitrogens with one attached hydrogen (secondary N) is 1. The number of pyridine rings is 1. The van der Waals surface area contributed by atoms with Crippen molar-refractivity contribution in [1.82, 2.24) is 14.2 Å². The third-order valence-corrected chi connectivity index (χ3v) is 5.94. The van der Waals surface area contributed by atoms with Crippen LogP contribution in [0.2, 0.25) is 0 Å². The van der Waals surface area contributed by atoms with Gasteiger partial charge in [0, 0.05) is 30.9 Å². The quantitative estimate of drug-likeness (QED) is 0.753. The van der Waals surface area contributed by atoms with Crippen LogP contribution in [0.25, 0.3) is 0 Å². The van der Waals surface area contributed by atoms with Crippen molar-refractivity contribution in [2.45, 2.75) is 25.3 Å². The Kier molecular flexibility index (Phi) is 6.65. The monoisotopic (exact) mass is 391 g/mol. The van der Waals surface area contributed by atoms with Crippen LogP contribution in [-0.2, 0) is 21.4 Å². The van der Waals surface area contributed by atoms with E-state index in [1.165, 1.54) is 10.4 Å². The zero-order chi connectivity index (χ0) is 20.0. The lowest BCUT2D eigenvalue weighted by Gasteiger charge is -2.19. The molecule has 0 spiro atoms. The normalized spacial score (nSPS) is 11.4. The van der Waals surface area contributed by atoms with Crippen LogP contribution < -0.4 is 10.9 Å². The topological polar surface area (TPSA) is 106 Å². The van der Waals surface area contributed by atoms with E-state index in [-0.39, 0.29) is 18.0 Å². The molecule has 8 nitrogen and oxygen atoms in total. The van der Waals surface area contributed by atoms with Gasteiger partial charge in [-0.2, -0.15) is 4.31 Å². The fourth-order valence-electron chi connectivity index (χ4n) is 2.48. The van der Waals surface area contributed by atoms with E-state index < -0.39 is 33.9 Å². The summed E-state index contributed by atoms with van der Waals surface area (Å²) in [6, 6.07) is 10.4. The first-order valence-corrected chi connectivity index (χ1v) is 9.83. The predicted octanol–water partition coefficient (Wildman–Crippen LogP) is 0.835. The summed E-state index contributed by atoms with van der Waals surface area (Å²) in [5.74, 6) is -1.32. The number of hydrogen-bond donors (Lipinski definition) is 1. The van der Waals surface area contributed by atoms with Crippen molar-refractivity contribution in [2.75, 3.05) is 13.1 Å². The van der Waals surface area contributed by atoms with E-state index in [2.05, 4.69) is 5.32 Å². The lowest BCUT2D eigenvalue weighted by atomic mass is 10.2. The Morgan fingerprint density at radius 1 is 1.04 bits per heavy atom. The van der Waals surface area contributed by atoms with Gasteiger partial charge >= 0.3 is 0 Å². The third kappa shape index (κ3) is 4.89. The van der Waals surface area contributed by atoms with Crippen molar-refractivity contribution >= 4 is 21.8 Å². The number of sulfonamides is 1. The summed E-state index contributed by atoms with van der Waals surface area (Å²) >= 11 is 0. The molecule has 0 bridgehead atoms. The maximum absolute atomic E-state index is 12.6. The molecule has 0 fully saturated rings. The van der Waals surface area contributed by atoms with E-state index >= 15 is 0 Å². The lowest BCUT2D eigenvalue weighted by Crippen LogP contribution is -2.36. The highest BCUT2D eigenvalue weighted by Gasteiger charge is 2.22. The zero-order valence-electron chi connectivity index (χ0n) is 15.1. The highest BCUT2D eigenvalue weighted by atomic mass is 32.2. The van der Waals surface area contributed by atoms with Gasteiger partial charge in [-0.3, -0.25) is 19.7 Å². The molecule has 0 saturated heterocycles. The third-order valence-electron chi connectivity index (χ3n) is 3.90. The van der Waals surface area contributed by atoms with Gasteiger partial charge in [0.2, 0.25) is 15.9 Å². The highest BCUT2D eigenvalue weighted by molar-refractivity contribution is 7.89. The number of nitrogens with zero attached hydrogens (tertiary/aromatic N) is 2. The molecule has 2 aromatic rings. The second-order valence-corrected chi connectivity index (χ2v) is 7.60. The second-order valence-electron chi connectivity index (χ2n) is 5.66. The SMILES string of the molecule is CCN(CC)S(=O)(=O)c1ccc(=O)n(CC(=O)NC(=O)c2ccccc2)c1. The minimum Gasteiger partial charge on any atom is -0.305 e. The molecule has 0 aliphatic heterocycles. The van der Waals surface area contributed by atoms with Gasteiger partial charge in [0.25, 0.3) is 11.5 Å². The first-order chi connectivity index (χ1) is 12.8. The molecule has 0 unspecified atom stereocenters. The van der Waals surface area contributed by atoms with Crippen LogP contribution >= 0.6 is 0 Å². The van der Waals surface area contributed by atoms with Crippen molar-refractivity contribution in [2.24, 2.45) is 0 Å². The summed E-state index contributed by atoms with van der Waals surface area (Å²) < 4.78 is 27.3. The maximum atomic E-state index is 12.6. The number of benzene rings is 1. The fourth-order valence-corrected chi connectivity index (χ4v) is 3.96. The van der Waals surface area contributed by atoms with E-state index in [4.69, 9.17) is 0 Å². The van der Waals surface area contributed by atoms with Gasteiger partial charge in [-0.1, -0.05) is 32.0 Å². The molecular weight excluding hydrogens is 370 g/mol. The standard InChI is InChI=1S/C18H21N3O5S/c1-3-21(4-2)27(25,26)15-10-11-17(23)20(12-15)13-16(22)19-18(24)14-8-6-5-7-9-14/h5-12H,3-4,13H2,1-2H3,(H,19,22,24). The number of imide groups is 1. The first kappa shape index (κ1) is 20.5. The number of carbonyl (C=O) groups is 2. The van der Waals surface area contributed by atoms with E-state index in [9.17, 15) is 22.8 Å². The van der Waals surface area contributed by atoms with Gasteiger partial charge in [-0.25, -0.2) is 8.42 Å². The van der Waals surface area contributed by atoms with Crippen LogP contribution in [0, 0.1) is 0 Å². The molecule has 1 N–H and O–H groups in total. The molecule has 0 saturated carbocycles. The molecule has 9 heteroatoms. The van der Waals surface area contributed by atoms with Gasteiger partial charge < -0.3 is 4.57 Å². The summed E-state index contributed by atoms with van der Waals surface area (Å²) in [6.07, 6.45) is 1.11. The Bertz CT molecular complexity index is 980. The largest absolute Gasteiger partial charge is 0.305 e. The fraction of sp³-hybridized carbons (Fsp3) is 0.278. The van der Waals surface area contributed by atoms with Crippen LogP contribution in [-0.4, -0.2) is 42.2 Å². The summed E-state index contributed by atoms with van der Waals surface area (Å²) in [5.41, 5.74) is -0.244. The summed E-state index contributed by atoms with van der Waals surface area (Å²) in [6.45, 7) is 3.51. The van der Waals surface area contributed by atoms with Crippen molar-refractivity contribution in [3.63, 3.8) is 0 Å². The molecule has 144 valence electrons. The van der Waals surface area contributed by atoms with Gasteiger partial charge in [0.15, 0.2) is 0 Å². The zero-order valence-corrected chi connectivity index (χ0v) is 15.9. The van der Waals surface area contributed by atoms with Crippen LogP contribution in [0.4, 0.5) is 0 Å². The Morgan fingerprint density at radius 3 is 2.26 bits per heavy atom. The van der Waals surface area contributed by atoms with Crippen molar-refractivity contribution in [3.8, 4) is 0 Å². The predicted molar refractivity (Wildman–Crippen MR) is 99.7 cm³/mol.